The number of fused-ring (bicyclic) bond motifs is 2. The molecule has 130 valence electrons. The highest BCUT2D eigenvalue weighted by Crippen LogP contribution is 2.28. The van der Waals surface area contributed by atoms with Gasteiger partial charge < -0.3 is 10.1 Å². The van der Waals surface area contributed by atoms with Crippen molar-refractivity contribution in [2.45, 2.75) is 0 Å². The zero-order valence-corrected chi connectivity index (χ0v) is 13.7. The van der Waals surface area contributed by atoms with Crippen molar-refractivity contribution >= 4 is 49.5 Å². The topological polar surface area (TPSA) is 95.1 Å². The molecule has 0 bridgehead atoms. The van der Waals surface area contributed by atoms with E-state index >= 15 is 0 Å². The van der Waals surface area contributed by atoms with Gasteiger partial charge >= 0.3 is 5.97 Å². The first-order valence-electron chi connectivity index (χ1n) is 7.35. The van der Waals surface area contributed by atoms with Gasteiger partial charge in [0, 0.05) is 5.39 Å². The average Bonchev–Trinajstić information content (AvgIpc) is 3.15. The molecule has 26 heavy (non-hydrogen) atoms. The summed E-state index contributed by atoms with van der Waals surface area (Å²) >= 11 is 1.05. The molecule has 4 rings (SSSR count). The highest BCUT2D eigenvalue weighted by atomic mass is 32.1. The number of nitrogens with zero attached hydrogens (tertiary/aromatic N) is 1. The second-order valence-electron chi connectivity index (χ2n) is 5.44. The first-order chi connectivity index (χ1) is 12.4. The summed E-state index contributed by atoms with van der Waals surface area (Å²) in [7, 11) is 0. The number of nitrogens with one attached hydrogen (secondary N) is 2. The van der Waals surface area contributed by atoms with Crippen molar-refractivity contribution in [3.63, 3.8) is 0 Å². The highest BCUT2D eigenvalue weighted by molar-refractivity contribution is 7.22. The Hall–Kier alpha value is -3.33. The highest BCUT2D eigenvalue weighted by Gasteiger charge is 2.21. The van der Waals surface area contributed by atoms with Crippen molar-refractivity contribution in [3.05, 3.63) is 59.3 Å². The quantitative estimate of drug-likeness (QED) is 0.506. The minimum atomic E-state index is -1.08. The number of carbonyl (C=O) groups excluding carboxylic acids is 1. The number of carboxylic acids is 1. The van der Waals surface area contributed by atoms with Crippen molar-refractivity contribution in [2.75, 3.05) is 5.32 Å². The van der Waals surface area contributed by atoms with Crippen LogP contribution in [0.15, 0.2) is 36.4 Å². The molecular weight excluding hydrogens is 364 g/mol. The van der Waals surface area contributed by atoms with E-state index in [-0.39, 0.29) is 21.6 Å². The van der Waals surface area contributed by atoms with Gasteiger partial charge in [-0.25, -0.2) is 18.6 Å². The Balaban J connectivity index is 1.68. The van der Waals surface area contributed by atoms with Crippen molar-refractivity contribution in [3.8, 4) is 0 Å². The molecule has 4 aromatic rings. The monoisotopic (exact) mass is 373 g/mol. The summed E-state index contributed by atoms with van der Waals surface area (Å²) in [5, 5.41) is 11.6. The minimum Gasteiger partial charge on any atom is -0.478 e. The predicted molar refractivity (Wildman–Crippen MR) is 92.7 cm³/mol. The van der Waals surface area contributed by atoms with Crippen molar-refractivity contribution in [1.82, 2.24) is 9.97 Å². The standard InChI is InChI=1S/C17H9F2N3O3S/c18-9-3-1-2-8-12(19)14(21-13(8)9)15(23)22-17-20-10-5-4-7(16(24)25)6-11(10)26-17/h1-6,21H,(H,24,25)(H,20,22,23). The lowest BCUT2D eigenvalue weighted by molar-refractivity contribution is 0.0697. The summed E-state index contributed by atoms with van der Waals surface area (Å²) in [6.07, 6.45) is 0. The fourth-order valence-corrected chi connectivity index (χ4v) is 3.48. The lowest BCUT2D eigenvalue weighted by Gasteiger charge is -1.98. The summed E-state index contributed by atoms with van der Waals surface area (Å²) in [5.74, 6) is -3.41. The van der Waals surface area contributed by atoms with E-state index in [1.54, 1.807) is 0 Å². The van der Waals surface area contributed by atoms with Gasteiger partial charge in [0.05, 0.1) is 21.3 Å². The third kappa shape index (κ3) is 2.58. The maximum absolute atomic E-state index is 14.4. The van der Waals surface area contributed by atoms with Crippen LogP contribution in [0.1, 0.15) is 20.8 Å². The van der Waals surface area contributed by atoms with Crippen LogP contribution in [0.4, 0.5) is 13.9 Å². The van der Waals surface area contributed by atoms with Crippen LogP contribution in [0.5, 0.6) is 0 Å². The number of hydrogen-bond donors (Lipinski definition) is 3. The van der Waals surface area contributed by atoms with E-state index in [9.17, 15) is 18.4 Å². The molecule has 0 spiro atoms. The van der Waals surface area contributed by atoms with Gasteiger partial charge in [0.2, 0.25) is 0 Å². The number of anilines is 1. The number of halogens is 2. The maximum Gasteiger partial charge on any atom is 0.335 e. The number of rotatable bonds is 3. The number of benzene rings is 2. The van der Waals surface area contributed by atoms with Crippen molar-refractivity contribution < 1.29 is 23.5 Å². The van der Waals surface area contributed by atoms with Crippen LogP contribution in [-0.4, -0.2) is 27.0 Å². The van der Waals surface area contributed by atoms with Gasteiger partial charge in [-0.3, -0.25) is 10.1 Å². The summed E-state index contributed by atoms with van der Waals surface area (Å²) in [6, 6.07) is 8.23. The number of hydrogen-bond acceptors (Lipinski definition) is 4. The van der Waals surface area contributed by atoms with Gasteiger partial charge in [0.1, 0.15) is 11.5 Å². The number of amides is 1. The Morgan fingerprint density at radius 2 is 2.00 bits per heavy atom. The molecule has 6 nitrogen and oxygen atoms in total. The third-order valence-corrected chi connectivity index (χ3v) is 4.74. The number of aromatic nitrogens is 2. The zero-order chi connectivity index (χ0) is 18.4. The molecule has 3 N–H and O–H groups in total. The molecule has 9 heteroatoms. The second kappa shape index (κ2) is 5.88. The normalized spacial score (nSPS) is 11.2. The van der Waals surface area contributed by atoms with E-state index in [0.29, 0.717) is 10.2 Å². The molecule has 2 aromatic carbocycles. The first kappa shape index (κ1) is 16.2. The molecule has 0 saturated heterocycles. The Bertz CT molecular complexity index is 1200. The summed E-state index contributed by atoms with van der Waals surface area (Å²) in [6.45, 7) is 0. The smallest absolute Gasteiger partial charge is 0.335 e. The zero-order valence-electron chi connectivity index (χ0n) is 12.8. The lowest BCUT2D eigenvalue weighted by atomic mass is 10.2. The van der Waals surface area contributed by atoms with E-state index in [0.717, 1.165) is 17.4 Å². The number of H-pyrrole nitrogens is 1. The predicted octanol–water partition coefficient (Wildman–Crippen LogP) is 4.01. The van der Waals surface area contributed by atoms with Gasteiger partial charge in [-0.2, -0.15) is 0 Å². The van der Waals surface area contributed by atoms with E-state index in [1.807, 2.05) is 0 Å². The fraction of sp³-hybridized carbons (Fsp3) is 0. The molecule has 2 heterocycles. The minimum absolute atomic E-state index is 0.0226. The van der Waals surface area contributed by atoms with E-state index in [2.05, 4.69) is 15.3 Å². The van der Waals surface area contributed by atoms with Crippen LogP contribution in [0.25, 0.3) is 21.1 Å². The number of aromatic carboxylic acids is 1. The van der Waals surface area contributed by atoms with Gasteiger partial charge in [0.15, 0.2) is 10.9 Å². The summed E-state index contributed by atoms with van der Waals surface area (Å²) in [5.41, 5.74) is 0.0933. The summed E-state index contributed by atoms with van der Waals surface area (Å²) in [4.78, 5) is 29.9. The molecule has 0 unspecified atom stereocenters. The average molecular weight is 373 g/mol. The molecule has 0 saturated carbocycles. The Kier molecular flexibility index (Phi) is 3.66. The number of para-hydroxylation sites is 1. The first-order valence-corrected chi connectivity index (χ1v) is 8.16. The Morgan fingerprint density at radius 3 is 2.73 bits per heavy atom. The van der Waals surface area contributed by atoms with Crippen LogP contribution in [0, 0.1) is 11.6 Å². The van der Waals surface area contributed by atoms with Gasteiger partial charge in [-0.1, -0.05) is 17.4 Å². The largest absolute Gasteiger partial charge is 0.478 e. The third-order valence-electron chi connectivity index (χ3n) is 3.80. The van der Waals surface area contributed by atoms with Crippen LogP contribution >= 0.6 is 11.3 Å². The van der Waals surface area contributed by atoms with E-state index in [1.165, 1.54) is 30.3 Å². The lowest BCUT2D eigenvalue weighted by Crippen LogP contribution is -2.13. The molecular formula is C17H9F2N3O3S. The molecule has 0 atom stereocenters. The van der Waals surface area contributed by atoms with Gasteiger partial charge in [-0.15, -0.1) is 0 Å². The number of carboxylic acid groups (broad SMARTS) is 1. The molecule has 2 aromatic heterocycles. The van der Waals surface area contributed by atoms with Crippen molar-refractivity contribution in [2.24, 2.45) is 0 Å². The van der Waals surface area contributed by atoms with Gasteiger partial charge in [0.25, 0.3) is 5.91 Å². The maximum atomic E-state index is 14.4. The van der Waals surface area contributed by atoms with Crippen LogP contribution in [0.3, 0.4) is 0 Å². The molecule has 0 radical (unpaired) electrons. The van der Waals surface area contributed by atoms with Crippen molar-refractivity contribution in [1.29, 1.82) is 0 Å². The number of thiazole rings is 1. The molecule has 1 amide bonds. The fourth-order valence-electron chi connectivity index (χ4n) is 2.58. The van der Waals surface area contributed by atoms with E-state index < -0.39 is 29.2 Å². The Morgan fingerprint density at radius 1 is 1.19 bits per heavy atom. The van der Waals surface area contributed by atoms with Crippen LogP contribution < -0.4 is 5.32 Å². The second-order valence-corrected chi connectivity index (χ2v) is 6.47. The van der Waals surface area contributed by atoms with Gasteiger partial charge in [-0.05, 0) is 30.3 Å². The number of carbonyl (C=O) groups is 2. The van der Waals surface area contributed by atoms with Crippen LogP contribution in [0.2, 0.25) is 0 Å². The number of aromatic amines is 1. The molecule has 0 aliphatic carbocycles. The molecule has 0 fully saturated rings. The SMILES string of the molecule is O=C(O)c1ccc2nc(NC(=O)c3[nH]c4c(F)cccc4c3F)sc2c1. The Labute approximate surface area is 148 Å². The molecule has 0 aliphatic rings. The van der Waals surface area contributed by atoms with E-state index in [4.69, 9.17) is 5.11 Å². The van der Waals surface area contributed by atoms with Crippen LogP contribution in [-0.2, 0) is 0 Å². The molecule has 0 aliphatic heterocycles. The summed E-state index contributed by atoms with van der Waals surface area (Å²) < 4.78 is 28.7.